The van der Waals surface area contributed by atoms with Crippen molar-refractivity contribution in [2.24, 2.45) is 0 Å². The summed E-state index contributed by atoms with van der Waals surface area (Å²) < 4.78 is 14.2. The zero-order chi connectivity index (χ0) is 21.2. The van der Waals surface area contributed by atoms with Gasteiger partial charge in [0, 0.05) is 11.6 Å². The molecule has 1 aliphatic rings. The molecule has 0 saturated carbocycles. The van der Waals surface area contributed by atoms with Crippen LogP contribution in [-0.2, 0) is 21.5 Å². The Morgan fingerprint density at radius 1 is 1.17 bits per heavy atom. The maximum Gasteiger partial charge on any atom is 0.325 e. The van der Waals surface area contributed by atoms with E-state index in [4.69, 9.17) is 0 Å². The molecule has 4 amide bonds. The Bertz CT molecular complexity index is 962. The maximum atomic E-state index is 14.2. The van der Waals surface area contributed by atoms with Crippen LogP contribution in [0, 0.1) is 12.7 Å². The van der Waals surface area contributed by atoms with Gasteiger partial charge in [-0.3, -0.25) is 14.5 Å². The second-order valence-electron chi connectivity index (χ2n) is 7.53. The normalized spacial score (nSPS) is 19.8. The molecule has 0 bridgehead atoms. The number of halogens is 1. The molecule has 2 aromatic carbocycles. The summed E-state index contributed by atoms with van der Waals surface area (Å²) in [4.78, 5) is 38.4. The highest BCUT2D eigenvalue weighted by atomic mass is 19.1. The predicted molar refractivity (Wildman–Crippen MR) is 106 cm³/mol. The van der Waals surface area contributed by atoms with Gasteiger partial charge in [-0.2, -0.15) is 0 Å². The summed E-state index contributed by atoms with van der Waals surface area (Å²) in [6.45, 7) is 4.87. The molecule has 29 heavy (non-hydrogen) atoms. The molecule has 7 heteroatoms. The van der Waals surface area contributed by atoms with Gasteiger partial charge in [-0.1, -0.05) is 42.5 Å². The number of carbonyl (C=O) groups excluding carboxylic acids is 3. The Balaban J connectivity index is 1.66. The number of carbonyl (C=O) groups is 3. The lowest BCUT2D eigenvalue weighted by Gasteiger charge is -2.23. The SMILES string of the molecule is Cc1ccccc1C[C@H](C)NC(=O)CN1C(=O)N[C@@](C)(c2ccccc2F)C1=O. The molecule has 1 fully saturated rings. The number of urea groups is 1. The van der Waals surface area contributed by atoms with Crippen molar-refractivity contribution in [3.63, 3.8) is 0 Å². The van der Waals surface area contributed by atoms with Crippen LogP contribution in [-0.4, -0.2) is 35.3 Å². The molecule has 3 rings (SSSR count). The van der Waals surface area contributed by atoms with Gasteiger partial charge in [0.1, 0.15) is 17.9 Å². The van der Waals surface area contributed by atoms with Crippen molar-refractivity contribution >= 4 is 17.8 Å². The number of hydrogen-bond donors (Lipinski definition) is 2. The van der Waals surface area contributed by atoms with Gasteiger partial charge >= 0.3 is 6.03 Å². The van der Waals surface area contributed by atoms with Crippen LogP contribution in [0.5, 0.6) is 0 Å². The Hall–Kier alpha value is -3.22. The van der Waals surface area contributed by atoms with Crippen LogP contribution in [0.2, 0.25) is 0 Å². The monoisotopic (exact) mass is 397 g/mol. The Morgan fingerprint density at radius 3 is 2.52 bits per heavy atom. The molecule has 2 atom stereocenters. The third-order valence-electron chi connectivity index (χ3n) is 5.18. The molecule has 0 unspecified atom stereocenters. The topological polar surface area (TPSA) is 78.5 Å². The number of rotatable bonds is 6. The van der Waals surface area contributed by atoms with Crippen LogP contribution in [0.3, 0.4) is 0 Å². The third kappa shape index (κ3) is 4.13. The molecule has 2 aromatic rings. The Labute approximate surface area is 169 Å². The fourth-order valence-electron chi connectivity index (χ4n) is 3.57. The molecule has 0 aromatic heterocycles. The van der Waals surface area contributed by atoms with E-state index in [1.54, 1.807) is 6.07 Å². The molecular weight excluding hydrogens is 373 g/mol. The number of nitrogens with zero attached hydrogens (tertiary/aromatic N) is 1. The zero-order valence-electron chi connectivity index (χ0n) is 16.7. The fraction of sp³-hybridized carbons (Fsp3) is 0.318. The second-order valence-corrected chi connectivity index (χ2v) is 7.53. The highest BCUT2D eigenvalue weighted by Crippen LogP contribution is 2.30. The van der Waals surface area contributed by atoms with Crippen LogP contribution in [0.4, 0.5) is 9.18 Å². The van der Waals surface area contributed by atoms with E-state index in [9.17, 15) is 18.8 Å². The summed E-state index contributed by atoms with van der Waals surface area (Å²) in [7, 11) is 0. The van der Waals surface area contributed by atoms with Crippen molar-refractivity contribution in [3.05, 3.63) is 71.0 Å². The van der Waals surface area contributed by atoms with Crippen molar-refractivity contribution in [2.75, 3.05) is 6.54 Å². The summed E-state index contributed by atoms with van der Waals surface area (Å²) >= 11 is 0. The first kappa shape index (κ1) is 20.5. The molecule has 0 aliphatic carbocycles. The van der Waals surface area contributed by atoms with Crippen molar-refractivity contribution in [2.45, 2.75) is 38.8 Å². The lowest BCUT2D eigenvalue weighted by molar-refractivity contribution is -0.135. The Kier molecular flexibility index (Phi) is 5.68. The fourth-order valence-corrected chi connectivity index (χ4v) is 3.57. The molecule has 2 N–H and O–H groups in total. The van der Waals surface area contributed by atoms with Crippen LogP contribution in [0.15, 0.2) is 48.5 Å². The average molecular weight is 397 g/mol. The summed E-state index contributed by atoms with van der Waals surface area (Å²) in [5.74, 6) is -1.71. The van der Waals surface area contributed by atoms with Crippen LogP contribution in [0.1, 0.15) is 30.5 Å². The van der Waals surface area contributed by atoms with E-state index < -0.39 is 35.7 Å². The zero-order valence-corrected chi connectivity index (χ0v) is 16.7. The minimum atomic E-state index is -1.55. The number of benzene rings is 2. The lowest BCUT2D eigenvalue weighted by Crippen LogP contribution is -2.45. The highest BCUT2D eigenvalue weighted by Gasteiger charge is 2.50. The summed E-state index contributed by atoms with van der Waals surface area (Å²) in [5.41, 5.74) is 0.759. The van der Waals surface area contributed by atoms with Crippen molar-refractivity contribution < 1.29 is 18.8 Å². The quantitative estimate of drug-likeness (QED) is 0.736. The molecule has 152 valence electrons. The van der Waals surface area contributed by atoms with E-state index in [1.807, 2.05) is 38.1 Å². The van der Waals surface area contributed by atoms with Crippen molar-refractivity contribution in [1.29, 1.82) is 0 Å². The van der Waals surface area contributed by atoms with E-state index in [0.29, 0.717) is 6.42 Å². The summed E-state index contributed by atoms with van der Waals surface area (Å²) in [5, 5.41) is 5.33. The van der Waals surface area contributed by atoms with Gasteiger partial charge in [0.15, 0.2) is 0 Å². The first-order valence-electron chi connectivity index (χ1n) is 9.45. The molecule has 1 saturated heterocycles. The van der Waals surface area contributed by atoms with Gasteiger partial charge in [0.25, 0.3) is 5.91 Å². The number of hydrogen-bond acceptors (Lipinski definition) is 3. The van der Waals surface area contributed by atoms with Crippen LogP contribution in [0.25, 0.3) is 0 Å². The van der Waals surface area contributed by atoms with Crippen LogP contribution < -0.4 is 10.6 Å². The second kappa shape index (κ2) is 8.03. The lowest BCUT2D eigenvalue weighted by atomic mass is 9.91. The molecule has 6 nitrogen and oxygen atoms in total. The minimum absolute atomic E-state index is 0.0641. The molecule has 1 heterocycles. The van der Waals surface area contributed by atoms with Gasteiger partial charge < -0.3 is 10.6 Å². The first-order chi connectivity index (χ1) is 13.7. The smallest absolute Gasteiger partial charge is 0.325 e. The van der Waals surface area contributed by atoms with E-state index in [2.05, 4.69) is 10.6 Å². The van der Waals surface area contributed by atoms with E-state index in [1.165, 1.54) is 25.1 Å². The first-order valence-corrected chi connectivity index (χ1v) is 9.45. The van der Waals surface area contributed by atoms with Gasteiger partial charge in [-0.15, -0.1) is 0 Å². The van der Waals surface area contributed by atoms with Crippen molar-refractivity contribution in [3.8, 4) is 0 Å². The number of amides is 4. The van der Waals surface area contributed by atoms with E-state index in [0.717, 1.165) is 16.0 Å². The number of nitrogens with one attached hydrogen (secondary N) is 2. The summed E-state index contributed by atoms with van der Waals surface area (Å²) in [6, 6.07) is 12.8. The molecule has 1 aliphatic heterocycles. The molecular formula is C22H24FN3O3. The standard InChI is InChI=1S/C22H24FN3O3/c1-14-8-4-5-9-16(14)12-15(2)24-19(27)13-26-20(28)22(3,25-21(26)29)17-10-6-7-11-18(17)23/h4-11,15H,12-13H2,1-3H3,(H,24,27)(H,25,29)/t15-,22-/m0/s1. The van der Waals surface area contributed by atoms with Gasteiger partial charge in [-0.05, 0) is 44.4 Å². The maximum absolute atomic E-state index is 14.2. The van der Waals surface area contributed by atoms with Crippen molar-refractivity contribution in [1.82, 2.24) is 15.5 Å². The predicted octanol–water partition coefficient (Wildman–Crippen LogP) is 2.65. The van der Waals surface area contributed by atoms with Gasteiger partial charge in [-0.25, -0.2) is 9.18 Å². The Morgan fingerprint density at radius 2 is 1.83 bits per heavy atom. The van der Waals surface area contributed by atoms with Crippen LogP contribution >= 0.6 is 0 Å². The largest absolute Gasteiger partial charge is 0.352 e. The average Bonchev–Trinajstić information content (AvgIpc) is 2.87. The third-order valence-corrected chi connectivity index (χ3v) is 5.18. The number of imide groups is 1. The summed E-state index contributed by atoms with van der Waals surface area (Å²) in [6.07, 6.45) is 0.630. The minimum Gasteiger partial charge on any atom is -0.352 e. The number of aryl methyl sites for hydroxylation is 1. The molecule has 0 spiro atoms. The molecule has 0 radical (unpaired) electrons. The van der Waals surface area contributed by atoms with Gasteiger partial charge in [0.2, 0.25) is 5.91 Å². The highest BCUT2D eigenvalue weighted by molar-refractivity contribution is 6.09. The van der Waals surface area contributed by atoms with E-state index in [-0.39, 0.29) is 11.6 Å². The van der Waals surface area contributed by atoms with E-state index >= 15 is 0 Å². The van der Waals surface area contributed by atoms with Gasteiger partial charge in [0.05, 0.1) is 0 Å².